The minimum atomic E-state index is -0.423. The molecule has 0 bridgehead atoms. The van der Waals surface area contributed by atoms with Crippen molar-refractivity contribution in [1.29, 1.82) is 0 Å². The third kappa shape index (κ3) is 6.69. The number of nitro benzene ring substituents is 1. The first-order valence-electron chi connectivity index (χ1n) is 12.3. The molecule has 41 heavy (non-hydrogen) atoms. The molecule has 6 rings (SSSR count). The summed E-state index contributed by atoms with van der Waals surface area (Å²) in [6.07, 6.45) is 1.61. The smallest absolute Gasteiger partial charge is 0.270 e. The molecule has 0 aliphatic rings. The molecule has 2 aromatic heterocycles. The summed E-state index contributed by atoms with van der Waals surface area (Å²) >= 11 is 2.85. The summed E-state index contributed by atoms with van der Waals surface area (Å²) in [5.74, 6) is 0.817. The highest BCUT2D eigenvalue weighted by Gasteiger charge is 2.13. The molecule has 0 aliphatic carbocycles. The number of hydrogen-bond donors (Lipinski definition) is 2. The van der Waals surface area contributed by atoms with Crippen molar-refractivity contribution in [3.63, 3.8) is 0 Å². The monoisotopic (exact) mass is 576 g/mol. The first kappa shape index (κ1) is 26.0. The number of non-ortho nitro benzene ring substituents is 1. The Hall–Kier alpha value is -5.20. The van der Waals surface area contributed by atoms with E-state index in [4.69, 9.17) is 4.98 Å². The molecular weight excluding hydrogens is 557 g/mol. The lowest BCUT2D eigenvalue weighted by molar-refractivity contribution is -0.384. The van der Waals surface area contributed by atoms with Crippen molar-refractivity contribution in [2.24, 2.45) is 4.99 Å². The van der Waals surface area contributed by atoms with E-state index in [9.17, 15) is 10.1 Å². The van der Waals surface area contributed by atoms with Crippen LogP contribution in [0.1, 0.15) is 5.56 Å². The summed E-state index contributed by atoms with van der Waals surface area (Å²) in [5.41, 5.74) is 3.93. The van der Waals surface area contributed by atoms with E-state index in [1.165, 1.54) is 35.2 Å². The van der Waals surface area contributed by atoms with Crippen molar-refractivity contribution < 1.29 is 4.92 Å². The van der Waals surface area contributed by atoms with Gasteiger partial charge in [0.05, 0.1) is 20.8 Å². The van der Waals surface area contributed by atoms with Crippen LogP contribution in [0.25, 0.3) is 10.2 Å². The van der Waals surface area contributed by atoms with Gasteiger partial charge in [0, 0.05) is 29.7 Å². The first-order valence-corrected chi connectivity index (χ1v) is 14.0. The second-order valence-electron chi connectivity index (χ2n) is 8.59. The molecule has 0 aliphatic heterocycles. The lowest BCUT2D eigenvalue weighted by Gasteiger charge is -2.09. The van der Waals surface area contributed by atoms with Crippen molar-refractivity contribution >= 4 is 74.2 Å². The van der Waals surface area contributed by atoms with E-state index in [1.807, 2.05) is 78.9 Å². The van der Waals surface area contributed by atoms with E-state index >= 15 is 0 Å². The zero-order chi connectivity index (χ0) is 28.0. The number of para-hydroxylation sites is 2. The molecule has 0 fully saturated rings. The van der Waals surface area contributed by atoms with E-state index in [2.05, 4.69) is 30.6 Å². The summed E-state index contributed by atoms with van der Waals surface area (Å²) in [6.45, 7) is 0. The van der Waals surface area contributed by atoms with E-state index in [-0.39, 0.29) is 5.69 Å². The van der Waals surface area contributed by atoms with Crippen LogP contribution in [0.4, 0.5) is 34.6 Å². The largest absolute Gasteiger partial charge is 0.324 e. The summed E-state index contributed by atoms with van der Waals surface area (Å²) in [5, 5.41) is 18.0. The second-order valence-corrected chi connectivity index (χ2v) is 10.8. The molecule has 12 heteroatoms. The number of fused-ring (bicyclic) bond motifs is 1. The minimum Gasteiger partial charge on any atom is -0.324 e. The Kier molecular flexibility index (Phi) is 7.56. The van der Waals surface area contributed by atoms with Crippen molar-refractivity contribution in [3.05, 3.63) is 119 Å². The van der Waals surface area contributed by atoms with Crippen molar-refractivity contribution in [2.45, 2.75) is 9.50 Å². The number of hydrogen-bond acceptors (Lipinski definition) is 11. The predicted molar refractivity (Wildman–Crippen MR) is 163 cm³/mol. The average Bonchev–Trinajstić information content (AvgIpc) is 3.38. The third-order valence-corrected chi connectivity index (χ3v) is 7.59. The zero-order valence-electron chi connectivity index (χ0n) is 21.2. The Morgan fingerprint density at radius 2 is 1.46 bits per heavy atom. The van der Waals surface area contributed by atoms with Crippen LogP contribution in [0, 0.1) is 10.1 Å². The van der Waals surface area contributed by atoms with Crippen LogP contribution < -0.4 is 10.6 Å². The van der Waals surface area contributed by atoms with Crippen molar-refractivity contribution in [1.82, 2.24) is 19.9 Å². The molecule has 2 heterocycles. The first-order chi connectivity index (χ1) is 20.1. The molecule has 0 radical (unpaired) electrons. The second kappa shape index (κ2) is 11.9. The van der Waals surface area contributed by atoms with Gasteiger partial charge in [0.15, 0.2) is 4.34 Å². The molecule has 200 valence electrons. The standard InChI is InChI=1S/C29H20N8O2S2/c38-37(39)23-13-7-8-19(16-23)18-30-22-14-15-24-25(17-22)40-29(33-24)41-28-35-26(31-20-9-3-1-4-10-20)34-27(36-28)32-21-11-5-2-6-12-21/h1-18H,(H2,31,32,34,35,36). The van der Waals surface area contributed by atoms with Gasteiger partial charge >= 0.3 is 0 Å². The number of thiazole rings is 1. The highest BCUT2D eigenvalue weighted by Crippen LogP contribution is 2.35. The zero-order valence-corrected chi connectivity index (χ0v) is 22.8. The normalized spacial score (nSPS) is 11.1. The van der Waals surface area contributed by atoms with Crippen LogP contribution in [-0.4, -0.2) is 31.1 Å². The molecule has 6 aromatic rings. The molecule has 0 saturated carbocycles. The maximum absolute atomic E-state index is 11.0. The topological polar surface area (TPSA) is 131 Å². The van der Waals surface area contributed by atoms with Gasteiger partial charge in [-0.1, -0.05) is 48.5 Å². The molecular formula is C29H20N8O2S2. The molecule has 0 spiro atoms. The number of nitrogens with zero attached hydrogens (tertiary/aromatic N) is 6. The fourth-order valence-corrected chi connectivity index (χ4v) is 5.73. The molecule has 4 aromatic carbocycles. The number of nitrogens with one attached hydrogen (secondary N) is 2. The van der Waals surface area contributed by atoms with Gasteiger partial charge in [0.1, 0.15) is 0 Å². The molecule has 0 atom stereocenters. The number of aliphatic imine (C=N–C) groups is 1. The van der Waals surface area contributed by atoms with Gasteiger partial charge in [-0.05, 0) is 59.8 Å². The molecule has 0 unspecified atom stereocenters. The van der Waals surface area contributed by atoms with E-state index in [1.54, 1.807) is 18.3 Å². The highest BCUT2D eigenvalue weighted by atomic mass is 32.2. The summed E-state index contributed by atoms with van der Waals surface area (Å²) in [4.78, 5) is 33.7. The van der Waals surface area contributed by atoms with Crippen molar-refractivity contribution in [2.75, 3.05) is 10.6 Å². The van der Waals surface area contributed by atoms with Crippen LogP contribution in [0.15, 0.2) is 118 Å². The van der Waals surface area contributed by atoms with Crippen LogP contribution in [0.5, 0.6) is 0 Å². The maximum Gasteiger partial charge on any atom is 0.270 e. The quantitative estimate of drug-likeness (QED) is 0.101. The molecule has 10 nitrogen and oxygen atoms in total. The van der Waals surface area contributed by atoms with Crippen LogP contribution in [-0.2, 0) is 0 Å². The highest BCUT2D eigenvalue weighted by molar-refractivity contribution is 8.01. The molecule has 0 amide bonds. The number of nitro groups is 1. The van der Waals surface area contributed by atoms with Gasteiger partial charge in [0.25, 0.3) is 5.69 Å². The van der Waals surface area contributed by atoms with E-state index in [0.717, 1.165) is 25.9 Å². The number of anilines is 4. The van der Waals surface area contributed by atoms with Gasteiger partial charge < -0.3 is 10.6 Å². The summed E-state index contributed by atoms with van der Waals surface area (Å²) in [7, 11) is 0. The Morgan fingerprint density at radius 3 is 2.12 bits per heavy atom. The van der Waals surface area contributed by atoms with E-state index < -0.39 is 4.92 Å². The minimum absolute atomic E-state index is 0.0242. The summed E-state index contributed by atoms with van der Waals surface area (Å²) < 4.78 is 1.71. The average molecular weight is 577 g/mol. The van der Waals surface area contributed by atoms with Gasteiger partial charge in [0.2, 0.25) is 17.1 Å². The Bertz CT molecular complexity index is 1800. The Balaban J connectivity index is 1.25. The summed E-state index contributed by atoms with van der Waals surface area (Å²) in [6, 6.07) is 31.4. The van der Waals surface area contributed by atoms with E-state index in [0.29, 0.717) is 28.3 Å². The number of aromatic nitrogens is 4. The van der Waals surface area contributed by atoms with Crippen LogP contribution in [0.2, 0.25) is 0 Å². The molecule has 0 saturated heterocycles. The fraction of sp³-hybridized carbons (Fsp3) is 0. The van der Waals surface area contributed by atoms with Gasteiger partial charge in [-0.3, -0.25) is 15.1 Å². The van der Waals surface area contributed by atoms with Crippen molar-refractivity contribution in [3.8, 4) is 0 Å². The SMILES string of the molecule is O=[N+]([O-])c1cccc(C=Nc2ccc3nc(Sc4nc(Nc5ccccc5)nc(Nc5ccccc5)n4)sc3c2)c1. The van der Waals surface area contributed by atoms with Gasteiger partial charge in [-0.15, -0.1) is 11.3 Å². The fourth-order valence-electron chi connectivity index (χ4n) is 3.78. The Labute approximate surface area is 242 Å². The van der Waals surface area contributed by atoms with Crippen LogP contribution >= 0.6 is 23.1 Å². The Morgan fingerprint density at radius 1 is 0.780 bits per heavy atom. The maximum atomic E-state index is 11.0. The number of benzene rings is 4. The lowest BCUT2D eigenvalue weighted by Crippen LogP contribution is -2.05. The molecule has 2 N–H and O–H groups in total. The van der Waals surface area contributed by atoms with Gasteiger partial charge in [-0.2, -0.15) is 15.0 Å². The number of rotatable bonds is 9. The third-order valence-electron chi connectivity index (χ3n) is 5.65. The predicted octanol–water partition coefficient (Wildman–Crippen LogP) is 7.78. The lowest BCUT2D eigenvalue weighted by atomic mass is 10.2. The van der Waals surface area contributed by atoms with Gasteiger partial charge in [-0.25, -0.2) is 4.98 Å². The van der Waals surface area contributed by atoms with Crippen LogP contribution in [0.3, 0.4) is 0 Å².